The van der Waals surface area contributed by atoms with Crippen molar-refractivity contribution in [3.8, 4) is 0 Å². The van der Waals surface area contributed by atoms with E-state index in [0.29, 0.717) is 0 Å². The molecular formula is C20H23FN2O5S. The van der Waals surface area contributed by atoms with E-state index >= 15 is 0 Å². The van der Waals surface area contributed by atoms with Crippen LogP contribution in [0.2, 0.25) is 0 Å². The third kappa shape index (κ3) is 5.61. The standard InChI is InChI=1S/C20H23FN2O5S/c1-13(2)23(4)29(26,27)18-10-5-7-15(11-18)20(25)28-14(3)19(24)22-17-9-6-8-16(21)12-17/h5-14H,1-4H3,(H,22,24)/t14-/m1/s1. The van der Waals surface area contributed by atoms with Gasteiger partial charge in [-0.25, -0.2) is 17.6 Å². The van der Waals surface area contributed by atoms with Crippen LogP contribution in [0.15, 0.2) is 53.4 Å². The molecule has 2 aromatic carbocycles. The largest absolute Gasteiger partial charge is 0.449 e. The zero-order chi connectivity index (χ0) is 21.8. The van der Waals surface area contributed by atoms with Crippen LogP contribution in [0, 0.1) is 5.82 Å². The number of carbonyl (C=O) groups is 2. The van der Waals surface area contributed by atoms with E-state index in [1.165, 1.54) is 60.7 Å². The molecule has 0 aliphatic carbocycles. The van der Waals surface area contributed by atoms with Crippen LogP contribution in [-0.2, 0) is 19.6 Å². The van der Waals surface area contributed by atoms with Gasteiger partial charge in [0.05, 0.1) is 10.5 Å². The molecule has 0 aliphatic heterocycles. The van der Waals surface area contributed by atoms with Crippen molar-refractivity contribution < 1.29 is 27.1 Å². The highest BCUT2D eigenvalue weighted by Gasteiger charge is 2.25. The number of ether oxygens (including phenoxy) is 1. The maximum Gasteiger partial charge on any atom is 0.338 e. The Kier molecular flexibility index (Phi) is 7.10. The molecule has 0 aromatic heterocycles. The molecule has 2 rings (SSSR count). The maximum atomic E-state index is 13.2. The molecule has 1 atom stereocenters. The van der Waals surface area contributed by atoms with Crippen molar-refractivity contribution in [2.24, 2.45) is 0 Å². The number of nitrogens with zero attached hydrogens (tertiary/aromatic N) is 1. The van der Waals surface area contributed by atoms with Gasteiger partial charge in [0, 0.05) is 18.8 Å². The van der Waals surface area contributed by atoms with Crippen molar-refractivity contribution in [1.82, 2.24) is 4.31 Å². The molecule has 7 nitrogen and oxygen atoms in total. The van der Waals surface area contributed by atoms with Crippen LogP contribution in [0.5, 0.6) is 0 Å². The van der Waals surface area contributed by atoms with Gasteiger partial charge in [-0.2, -0.15) is 4.31 Å². The number of benzene rings is 2. The number of amides is 1. The summed E-state index contributed by atoms with van der Waals surface area (Å²) in [6.45, 7) is 4.82. The second-order valence-corrected chi connectivity index (χ2v) is 8.69. The van der Waals surface area contributed by atoms with Crippen molar-refractivity contribution in [3.05, 3.63) is 59.9 Å². The molecular weight excluding hydrogens is 399 g/mol. The van der Waals surface area contributed by atoms with Crippen LogP contribution < -0.4 is 5.32 Å². The van der Waals surface area contributed by atoms with Gasteiger partial charge in [0.25, 0.3) is 5.91 Å². The Morgan fingerprint density at radius 2 is 1.72 bits per heavy atom. The van der Waals surface area contributed by atoms with Gasteiger partial charge in [0.1, 0.15) is 5.82 Å². The number of esters is 1. The zero-order valence-corrected chi connectivity index (χ0v) is 17.4. The van der Waals surface area contributed by atoms with Crippen LogP contribution in [0.4, 0.5) is 10.1 Å². The van der Waals surface area contributed by atoms with E-state index < -0.39 is 33.8 Å². The molecule has 29 heavy (non-hydrogen) atoms. The van der Waals surface area contributed by atoms with Gasteiger partial charge >= 0.3 is 5.97 Å². The van der Waals surface area contributed by atoms with E-state index in [2.05, 4.69) is 5.32 Å². The minimum absolute atomic E-state index is 0.00589. The van der Waals surface area contributed by atoms with Gasteiger partial charge < -0.3 is 10.1 Å². The van der Waals surface area contributed by atoms with Crippen molar-refractivity contribution in [3.63, 3.8) is 0 Å². The topological polar surface area (TPSA) is 92.8 Å². The lowest BCUT2D eigenvalue weighted by Gasteiger charge is -2.21. The van der Waals surface area contributed by atoms with Crippen LogP contribution in [0.1, 0.15) is 31.1 Å². The Balaban J connectivity index is 2.11. The van der Waals surface area contributed by atoms with E-state index in [9.17, 15) is 22.4 Å². The summed E-state index contributed by atoms with van der Waals surface area (Å²) in [5.74, 6) is -2.01. The number of anilines is 1. The number of hydrogen-bond acceptors (Lipinski definition) is 5. The monoisotopic (exact) mass is 422 g/mol. The zero-order valence-electron chi connectivity index (χ0n) is 16.5. The summed E-state index contributed by atoms with van der Waals surface area (Å²) in [5.41, 5.74) is 0.219. The van der Waals surface area contributed by atoms with Crippen molar-refractivity contribution in [1.29, 1.82) is 0 Å². The fourth-order valence-electron chi connectivity index (χ4n) is 2.32. The highest BCUT2D eigenvalue weighted by atomic mass is 32.2. The van der Waals surface area contributed by atoms with Gasteiger partial charge in [0.15, 0.2) is 6.10 Å². The average Bonchev–Trinajstić information content (AvgIpc) is 2.67. The minimum Gasteiger partial charge on any atom is -0.449 e. The molecule has 0 unspecified atom stereocenters. The second kappa shape index (κ2) is 9.15. The average molecular weight is 422 g/mol. The summed E-state index contributed by atoms with van der Waals surface area (Å²) in [5, 5.41) is 2.44. The Bertz CT molecular complexity index is 1010. The van der Waals surface area contributed by atoms with Crippen molar-refractivity contribution in [2.45, 2.75) is 37.8 Å². The fourth-order valence-corrected chi connectivity index (χ4v) is 3.73. The van der Waals surface area contributed by atoms with Gasteiger partial charge in [0.2, 0.25) is 10.0 Å². The summed E-state index contributed by atoms with van der Waals surface area (Å²) < 4.78 is 44.7. The summed E-state index contributed by atoms with van der Waals surface area (Å²) in [4.78, 5) is 24.5. The number of sulfonamides is 1. The lowest BCUT2D eigenvalue weighted by molar-refractivity contribution is -0.123. The molecule has 0 saturated heterocycles. The first-order valence-electron chi connectivity index (χ1n) is 8.88. The molecule has 0 radical (unpaired) electrons. The smallest absolute Gasteiger partial charge is 0.338 e. The summed E-state index contributed by atoms with van der Waals surface area (Å²) in [6, 6.07) is 10.4. The fraction of sp³-hybridized carbons (Fsp3) is 0.300. The van der Waals surface area contributed by atoms with Crippen LogP contribution in [0.25, 0.3) is 0 Å². The van der Waals surface area contributed by atoms with Crippen molar-refractivity contribution >= 4 is 27.6 Å². The van der Waals surface area contributed by atoms with Crippen LogP contribution in [-0.4, -0.2) is 43.8 Å². The maximum absolute atomic E-state index is 13.2. The predicted octanol–water partition coefficient (Wildman–Crippen LogP) is 3.04. The number of rotatable bonds is 7. The first-order chi connectivity index (χ1) is 13.5. The molecule has 0 saturated carbocycles. The molecule has 0 heterocycles. The van der Waals surface area contributed by atoms with Gasteiger partial charge in [-0.05, 0) is 57.2 Å². The Hall–Kier alpha value is -2.78. The molecule has 2 aromatic rings. The van der Waals surface area contributed by atoms with E-state index in [1.807, 2.05) is 0 Å². The quantitative estimate of drug-likeness (QED) is 0.693. The minimum atomic E-state index is -3.77. The van der Waals surface area contributed by atoms with E-state index in [1.54, 1.807) is 13.8 Å². The van der Waals surface area contributed by atoms with E-state index in [-0.39, 0.29) is 22.2 Å². The van der Waals surface area contributed by atoms with Crippen LogP contribution in [0.3, 0.4) is 0 Å². The Labute approximate surface area is 169 Å². The first-order valence-corrected chi connectivity index (χ1v) is 10.3. The highest BCUT2D eigenvalue weighted by Crippen LogP contribution is 2.19. The molecule has 0 aliphatic rings. The third-order valence-electron chi connectivity index (χ3n) is 4.22. The normalized spacial score (nSPS) is 12.7. The Morgan fingerprint density at radius 3 is 2.34 bits per heavy atom. The number of carbonyl (C=O) groups excluding carboxylic acids is 2. The van der Waals surface area contributed by atoms with E-state index in [4.69, 9.17) is 4.74 Å². The number of halogens is 1. The molecule has 0 bridgehead atoms. The molecule has 0 spiro atoms. The molecule has 0 fully saturated rings. The van der Waals surface area contributed by atoms with Gasteiger partial charge in [-0.3, -0.25) is 4.79 Å². The lowest BCUT2D eigenvalue weighted by Crippen LogP contribution is -2.33. The summed E-state index contributed by atoms with van der Waals surface area (Å²) in [7, 11) is -2.32. The van der Waals surface area contributed by atoms with Crippen molar-refractivity contribution in [2.75, 3.05) is 12.4 Å². The summed E-state index contributed by atoms with van der Waals surface area (Å²) >= 11 is 0. The molecule has 1 amide bonds. The lowest BCUT2D eigenvalue weighted by atomic mass is 10.2. The third-order valence-corrected chi connectivity index (χ3v) is 6.25. The van der Waals surface area contributed by atoms with Gasteiger partial charge in [-0.1, -0.05) is 12.1 Å². The predicted molar refractivity (Wildman–Crippen MR) is 106 cm³/mol. The molecule has 1 N–H and O–H groups in total. The number of nitrogens with one attached hydrogen (secondary N) is 1. The first kappa shape index (κ1) is 22.5. The SMILES string of the molecule is CC(C)N(C)S(=O)(=O)c1cccc(C(=O)O[C@H](C)C(=O)Nc2cccc(F)c2)c1. The van der Waals surface area contributed by atoms with Crippen LogP contribution >= 0.6 is 0 Å². The van der Waals surface area contributed by atoms with Gasteiger partial charge in [-0.15, -0.1) is 0 Å². The highest BCUT2D eigenvalue weighted by molar-refractivity contribution is 7.89. The van der Waals surface area contributed by atoms with E-state index in [0.717, 1.165) is 6.07 Å². The Morgan fingerprint density at radius 1 is 1.07 bits per heavy atom. The summed E-state index contributed by atoms with van der Waals surface area (Å²) in [6.07, 6.45) is -1.18. The number of hydrogen-bond donors (Lipinski definition) is 1. The molecule has 156 valence electrons. The molecule has 9 heteroatoms. The second-order valence-electron chi connectivity index (χ2n) is 6.69.